The van der Waals surface area contributed by atoms with Crippen LogP contribution in [0.25, 0.3) is 22.5 Å². The molecule has 1 aromatic heterocycles. The second kappa shape index (κ2) is 15.0. The normalized spacial score (nSPS) is 10.9. The monoisotopic (exact) mass is 525 g/mol. The lowest BCUT2D eigenvalue weighted by Crippen LogP contribution is -2.07. The SMILES string of the molecule is COCCOCc1cc(OC)ccc1-c1cc(C(=O)OC)cc(-c2ccc(OC)cc2COCCOC)n1. The topological polar surface area (TPSA) is 94.6 Å². The van der Waals surface area contributed by atoms with E-state index in [4.69, 9.17) is 38.1 Å². The quantitative estimate of drug-likeness (QED) is 0.209. The standard InChI is InChI=1S/C29H35NO8/c1-32-10-12-37-18-21-14-23(34-3)6-8-25(21)27-16-20(29(31)36-5)17-28(30-27)26-9-7-24(35-4)15-22(26)19-38-13-11-33-2/h6-9,14-17H,10-13,18-19H2,1-5H3. The van der Waals surface area contributed by atoms with Crippen molar-refractivity contribution in [1.82, 2.24) is 4.98 Å². The fourth-order valence-corrected chi connectivity index (χ4v) is 3.82. The van der Waals surface area contributed by atoms with Crippen molar-refractivity contribution in [3.05, 3.63) is 65.2 Å². The molecule has 3 aromatic rings. The molecule has 3 rings (SSSR count). The van der Waals surface area contributed by atoms with Crippen LogP contribution < -0.4 is 9.47 Å². The number of hydrogen-bond acceptors (Lipinski definition) is 9. The van der Waals surface area contributed by atoms with E-state index in [0.29, 0.717) is 68.1 Å². The van der Waals surface area contributed by atoms with Gasteiger partial charge < -0.3 is 33.2 Å². The third-order valence-electron chi connectivity index (χ3n) is 5.80. The molecular weight excluding hydrogens is 490 g/mol. The van der Waals surface area contributed by atoms with Gasteiger partial charge in [0, 0.05) is 25.3 Å². The van der Waals surface area contributed by atoms with Crippen LogP contribution in [0.3, 0.4) is 0 Å². The molecule has 0 aliphatic heterocycles. The van der Waals surface area contributed by atoms with Gasteiger partial charge in [-0.1, -0.05) is 0 Å². The zero-order chi connectivity index (χ0) is 27.3. The van der Waals surface area contributed by atoms with Crippen molar-refractivity contribution >= 4 is 5.97 Å². The molecule has 204 valence electrons. The molecule has 0 saturated heterocycles. The van der Waals surface area contributed by atoms with Gasteiger partial charge in [0.2, 0.25) is 0 Å². The fourth-order valence-electron chi connectivity index (χ4n) is 3.82. The van der Waals surface area contributed by atoms with Crippen LogP contribution in [0, 0.1) is 0 Å². The number of hydrogen-bond donors (Lipinski definition) is 0. The number of methoxy groups -OCH3 is 5. The summed E-state index contributed by atoms with van der Waals surface area (Å²) in [6.45, 7) is 2.46. The minimum atomic E-state index is -0.465. The Balaban J connectivity index is 2.11. The number of rotatable bonds is 15. The average Bonchev–Trinajstić information content (AvgIpc) is 2.96. The molecule has 0 fully saturated rings. The van der Waals surface area contributed by atoms with E-state index in [0.717, 1.165) is 22.3 Å². The number of carbonyl (C=O) groups excluding carboxylic acids is 1. The molecule has 1 heterocycles. The Kier molecular flexibility index (Phi) is 11.5. The number of benzene rings is 2. The lowest BCUT2D eigenvalue weighted by atomic mass is 9.98. The maximum Gasteiger partial charge on any atom is 0.338 e. The number of carbonyl (C=O) groups is 1. The summed E-state index contributed by atoms with van der Waals surface area (Å²) < 4.78 is 37.7. The first-order valence-corrected chi connectivity index (χ1v) is 12.1. The first-order valence-electron chi connectivity index (χ1n) is 12.1. The van der Waals surface area contributed by atoms with Crippen LogP contribution >= 0.6 is 0 Å². The van der Waals surface area contributed by atoms with Gasteiger partial charge in [-0.15, -0.1) is 0 Å². The first-order chi connectivity index (χ1) is 18.5. The van der Waals surface area contributed by atoms with Gasteiger partial charge in [-0.05, 0) is 59.7 Å². The van der Waals surface area contributed by atoms with Gasteiger partial charge in [-0.3, -0.25) is 0 Å². The highest BCUT2D eigenvalue weighted by atomic mass is 16.5. The third-order valence-corrected chi connectivity index (χ3v) is 5.80. The highest BCUT2D eigenvalue weighted by Gasteiger charge is 2.18. The smallest absolute Gasteiger partial charge is 0.338 e. The van der Waals surface area contributed by atoms with Crippen molar-refractivity contribution in [3.63, 3.8) is 0 Å². The second-order valence-corrected chi connectivity index (χ2v) is 8.25. The first kappa shape index (κ1) is 29.1. The zero-order valence-corrected chi connectivity index (χ0v) is 22.6. The van der Waals surface area contributed by atoms with Crippen molar-refractivity contribution in [2.45, 2.75) is 13.2 Å². The molecule has 0 aliphatic rings. The highest BCUT2D eigenvalue weighted by Crippen LogP contribution is 2.33. The summed E-state index contributed by atoms with van der Waals surface area (Å²) in [5, 5.41) is 0. The molecule has 0 saturated carbocycles. The predicted octanol–water partition coefficient (Wildman–Crippen LogP) is 4.55. The summed E-state index contributed by atoms with van der Waals surface area (Å²) in [5.41, 5.74) is 4.90. The lowest BCUT2D eigenvalue weighted by molar-refractivity contribution is 0.0600. The third kappa shape index (κ3) is 7.75. The molecular formula is C29H35NO8. The molecule has 0 atom stereocenters. The van der Waals surface area contributed by atoms with Crippen molar-refractivity contribution in [1.29, 1.82) is 0 Å². The number of pyridine rings is 1. The Morgan fingerprint density at radius 3 is 1.53 bits per heavy atom. The van der Waals surface area contributed by atoms with E-state index in [2.05, 4.69) is 0 Å². The Labute approximate surface area is 223 Å². The molecule has 9 heteroatoms. The number of nitrogens with zero attached hydrogens (tertiary/aromatic N) is 1. The number of ether oxygens (including phenoxy) is 7. The maximum atomic E-state index is 12.7. The molecule has 0 bridgehead atoms. The Morgan fingerprint density at radius 1 is 0.658 bits per heavy atom. The molecule has 0 aliphatic carbocycles. The van der Waals surface area contributed by atoms with Crippen LogP contribution in [0.5, 0.6) is 11.5 Å². The van der Waals surface area contributed by atoms with Gasteiger partial charge in [-0.25, -0.2) is 9.78 Å². The van der Waals surface area contributed by atoms with Crippen LogP contribution in [-0.4, -0.2) is 72.9 Å². The van der Waals surface area contributed by atoms with Gasteiger partial charge >= 0.3 is 5.97 Å². The Morgan fingerprint density at radius 2 is 1.13 bits per heavy atom. The molecule has 0 amide bonds. The minimum Gasteiger partial charge on any atom is -0.497 e. The van der Waals surface area contributed by atoms with Crippen molar-refractivity contribution in [3.8, 4) is 34.0 Å². The van der Waals surface area contributed by atoms with Gasteiger partial charge in [-0.2, -0.15) is 0 Å². The van der Waals surface area contributed by atoms with Crippen molar-refractivity contribution in [2.75, 3.05) is 62.0 Å². The van der Waals surface area contributed by atoms with Gasteiger partial charge in [0.1, 0.15) is 11.5 Å². The molecule has 0 N–H and O–H groups in total. The van der Waals surface area contributed by atoms with Crippen LogP contribution in [0.1, 0.15) is 21.5 Å². The maximum absolute atomic E-state index is 12.7. The highest BCUT2D eigenvalue weighted by molar-refractivity contribution is 5.92. The fraction of sp³-hybridized carbons (Fsp3) is 0.379. The largest absolute Gasteiger partial charge is 0.497 e. The van der Waals surface area contributed by atoms with E-state index in [1.165, 1.54) is 7.11 Å². The molecule has 0 unspecified atom stereocenters. The van der Waals surface area contributed by atoms with Crippen LogP contribution in [0.2, 0.25) is 0 Å². The van der Waals surface area contributed by atoms with E-state index >= 15 is 0 Å². The number of aromatic nitrogens is 1. The summed E-state index contributed by atoms with van der Waals surface area (Å²) >= 11 is 0. The number of esters is 1. The van der Waals surface area contributed by atoms with E-state index in [9.17, 15) is 4.79 Å². The van der Waals surface area contributed by atoms with Gasteiger partial charge in [0.15, 0.2) is 0 Å². The molecule has 0 spiro atoms. The Bertz CT molecular complexity index is 1120. The minimum absolute atomic E-state index is 0.316. The lowest BCUT2D eigenvalue weighted by Gasteiger charge is -2.16. The van der Waals surface area contributed by atoms with Gasteiger partial charge in [0.25, 0.3) is 0 Å². The van der Waals surface area contributed by atoms with Crippen LogP contribution in [0.15, 0.2) is 48.5 Å². The van der Waals surface area contributed by atoms with Crippen LogP contribution in [-0.2, 0) is 36.9 Å². The molecule has 38 heavy (non-hydrogen) atoms. The summed E-state index contributed by atoms with van der Waals surface area (Å²) in [7, 11) is 7.82. The summed E-state index contributed by atoms with van der Waals surface area (Å²) in [4.78, 5) is 17.6. The van der Waals surface area contributed by atoms with Crippen molar-refractivity contribution < 1.29 is 38.0 Å². The van der Waals surface area contributed by atoms with E-state index in [1.54, 1.807) is 40.6 Å². The summed E-state index contributed by atoms with van der Waals surface area (Å²) in [6.07, 6.45) is 0. The van der Waals surface area contributed by atoms with E-state index < -0.39 is 5.97 Å². The predicted molar refractivity (Wildman–Crippen MR) is 143 cm³/mol. The van der Waals surface area contributed by atoms with Crippen LogP contribution in [0.4, 0.5) is 0 Å². The molecule has 9 nitrogen and oxygen atoms in total. The zero-order valence-electron chi connectivity index (χ0n) is 22.6. The molecule has 0 radical (unpaired) electrons. The van der Waals surface area contributed by atoms with E-state index in [1.807, 2.05) is 36.4 Å². The molecule has 2 aromatic carbocycles. The second-order valence-electron chi connectivity index (χ2n) is 8.25. The average molecular weight is 526 g/mol. The Hall–Kier alpha value is -3.50. The summed E-state index contributed by atoms with van der Waals surface area (Å²) in [6, 6.07) is 14.7. The summed E-state index contributed by atoms with van der Waals surface area (Å²) in [5.74, 6) is 0.913. The van der Waals surface area contributed by atoms with Gasteiger partial charge in [0.05, 0.1) is 77.9 Å². The van der Waals surface area contributed by atoms with Crippen molar-refractivity contribution in [2.24, 2.45) is 0 Å². The van der Waals surface area contributed by atoms with E-state index in [-0.39, 0.29) is 0 Å².